The van der Waals surface area contributed by atoms with Crippen LogP contribution in [-0.2, 0) is 0 Å². The molecule has 1 aliphatic carbocycles. The van der Waals surface area contributed by atoms with Gasteiger partial charge in [0, 0.05) is 6.42 Å². The molecule has 0 fully saturated rings. The van der Waals surface area contributed by atoms with Gasteiger partial charge in [-0.05, 0) is 24.3 Å². The minimum atomic E-state index is -0.258. The molecule has 0 aliphatic heterocycles. The maximum absolute atomic E-state index is 10.4. The second-order valence-corrected chi connectivity index (χ2v) is 3.44. The summed E-state index contributed by atoms with van der Waals surface area (Å²) in [7, 11) is 0. The number of allylic oxidation sites excluding steroid dienone is 2. The molecule has 0 spiro atoms. The molecule has 0 aromatic heterocycles. The average Bonchev–Trinajstić information content (AvgIpc) is 1.85. The lowest BCUT2D eigenvalue weighted by Crippen LogP contribution is -2.14. The van der Waals surface area contributed by atoms with E-state index in [1.54, 1.807) is 6.08 Å². The number of hydrogen-bond acceptors (Lipinski definition) is 2. The summed E-state index contributed by atoms with van der Waals surface area (Å²) in [5, 5.41) is 10.4. The number of hydrogen-bond donors (Lipinski definition) is 0. The van der Waals surface area contributed by atoms with Gasteiger partial charge in [-0.2, -0.15) is 0 Å². The number of nitro groups is 1. The lowest BCUT2D eigenvalue weighted by molar-refractivity contribution is -0.430. The molecular formula is C8H13NO2. The molecule has 2 atom stereocenters. The smallest absolute Gasteiger partial charge is 0.242 e. The van der Waals surface area contributed by atoms with Crippen LogP contribution in [0.15, 0.2) is 11.8 Å². The zero-order chi connectivity index (χ0) is 8.43. The highest BCUT2D eigenvalue weighted by Gasteiger charge is 2.22. The van der Waals surface area contributed by atoms with Crippen LogP contribution in [0.4, 0.5) is 0 Å². The fraction of sp³-hybridized carbons (Fsp3) is 0.750. The lowest BCUT2D eigenvalue weighted by atomic mass is 9.87. The predicted molar refractivity (Wildman–Crippen MR) is 42.6 cm³/mol. The molecule has 0 aromatic carbocycles. The van der Waals surface area contributed by atoms with E-state index in [9.17, 15) is 10.1 Å². The first-order valence-electron chi connectivity index (χ1n) is 3.94. The molecule has 0 N–H and O–H groups in total. The molecule has 2 unspecified atom stereocenters. The molecule has 0 saturated carbocycles. The molecule has 3 heteroatoms. The predicted octanol–water partition coefficient (Wildman–Crippen LogP) is 2.21. The molecule has 11 heavy (non-hydrogen) atoms. The van der Waals surface area contributed by atoms with E-state index in [-0.39, 0.29) is 4.92 Å². The SMILES string of the molecule is CC1C=C([N+](=O)[O-])CC(C)C1. The summed E-state index contributed by atoms with van der Waals surface area (Å²) in [5.41, 5.74) is 0.399. The topological polar surface area (TPSA) is 43.1 Å². The highest BCUT2D eigenvalue weighted by Crippen LogP contribution is 2.27. The Labute approximate surface area is 66.3 Å². The van der Waals surface area contributed by atoms with Gasteiger partial charge in [0.15, 0.2) is 0 Å². The van der Waals surface area contributed by atoms with Gasteiger partial charge in [-0.15, -0.1) is 0 Å². The van der Waals surface area contributed by atoms with Crippen LogP contribution in [0.25, 0.3) is 0 Å². The molecule has 0 heterocycles. The molecular weight excluding hydrogens is 142 g/mol. The fourth-order valence-electron chi connectivity index (χ4n) is 1.67. The summed E-state index contributed by atoms with van der Waals surface area (Å²) in [6.07, 6.45) is 3.49. The van der Waals surface area contributed by atoms with Crippen molar-refractivity contribution < 1.29 is 4.92 Å². The maximum Gasteiger partial charge on any atom is 0.242 e. The van der Waals surface area contributed by atoms with Crippen molar-refractivity contribution in [2.75, 3.05) is 0 Å². The molecule has 62 valence electrons. The van der Waals surface area contributed by atoms with Crippen LogP contribution in [0.5, 0.6) is 0 Å². The van der Waals surface area contributed by atoms with Crippen LogP contribution < -0.4 is 0 Å². The van der Waals surface area contributed by atoms with Crippen LogP contribution in [0, 0.1) is 22.0 Å². The third-order valence-corrected chi connectivity index (χ3v) is 2.04. The first kappa shape index (κ1) is 8.24. The van der Waals surface area contributed by atoms with E-state index in [0.717, 1.165) is 6.42 Å². The van der Waals surface area contributed by atoms with E-state index >= 15 is 0 Å². The van der Waals surface area contributed by atoms with Gasteiger partial charge in [0.05, 0.1) is 4.92 Å². The molecule has 1 aliphatic rings. The molecule has 0 amide bonds. The van der Waals surface area contributed by atoms with E-state index in [2.05, 4.69) is 6.92 Å². The van der Waals surface area contributed by atoms with Crippen molar-refractivity contribution in [3.8, 4) is 0 Å². The van der Waals surface area contributed by atoms with Gasteiger partial charge in [0.2, 0.25) is 5.70 Å². The van der Waals surface area contributed by atoms with E-state index in [0.29, 0.717) is 24.0 Å². The van der Waals surface area contributed by atoms with Gasteiger partial charge in [0.1, 0.15) is 0 Å². The summed E-state index contributed by atoms with van der Waals surface area (Å²) in [6.45, 7) is 4.09. The Hall–Kier alpha value is -0.860. The highest BCUT2D eigenvalue weighted by atomic mass is 16.6. The lowest BCUT2D eigenvalue weighted by Gasteiger charge is -2.18. The van der Waals surface area contributed by atoms with Gasteiger partial charge in [-0.1, -0.05) is 13.8 Å². The Morgan fingerprint density at radius 2 is 2.27 bits per heavy atom. The molecule has 0 aromatic rings. The number of rotatable bonds is 1. The Balaban J connectivity index is 2.72. The van der Waals surface area contributed by atoms with Crippen molar-refractivity contribution in [1.29, 1.82) is 0 Å². The van der Waals surface area contributed by atoms with Crippen LogP contribution in [0.1, 0.15) is 26.7 Å². The normalized spacial score (nSPS) is 31.3. The Morgan fingerprint density at radius 1 is 1.64 bits per heavy atom. The zero-order valence-corrected chi connectivity index (χ0v) is 6.91. The summed E-state index contributed by atoms with van der Waals surface area (Å²) in [5.74, 6) is 0.842. The Morgan fingerprint density at radius 3 is 2.73 bits per heavy atom. The van der Waals surface area contributed by atoms with Crippen molar-refractivity contribution in [2.24, 2.45) is 11.8 Å². The van der Waals surface area contributed by atoms with Gasteiger partial charge in [-0.25, -0.2) is 0 Å². The summed E-state index contributed by atoms with van der Waals surface area (Å²) in [4.78, 5) is 10.1. The minimum Gasteiger partial charge on any atom is -0.259 e. The van der Waals surface area contributed by atoms with Gasteiger partial charge >= 0.3 is 0 Å². The quantitative estimate of drug-likeness (QED) is 0.430. The Bertz CT molecular complexity index is 198. The number of nitrogens with zero attached hydrogens (tertiary/aromatic N) is 1. The van der Waals surface area contributed by atoms with Crippen LogP contribution in [0.3, 0.4) is 0 Å². The van der Waals surface area contributed by atoms with E-state index in [1.165, 1.54) is 0 Å². The monoisotopic (exact) mass is 155 g/mol. The van der Waals surface area contributed by atoms with Crippen molar-refractivity contribution in [1.82, 2.24) is 0 Å². The van der Waals surface area contributed by atoms with Crippen LogP contribution in [0.2, 0.25) is 0 Å². The second kappa shape index (κ2) is 3.03. The first-order chi connectivity index (χ1) is 5.09. The van der Waals surface area contributed by atoms with Gasteiger partial charge in [-0.3, -0.25) is 10.1 Å². The highest BCUT2D eigenvalue weighted by molar-refractivity contribution is 5.00. The molecule has 0 radical (unpaired) electrons. The summed E-state index contributed by atoms with van der Waals surface area (Å²) < 4.78 is 0. The third kappa shape index (κ3) is 2.03. The minimum absolute atomic E-state index is 0.258. The summed E-state index contributed by atoms with van der Waals surface area (Å²) in [6, 6.07) is 0. The van der Waals surface area contributed by atoms with E-state index in [1.807, 2.05) is 6.92 Å². The van der Waals surface area contributed by atoms with Crippen LogP contribution in [-0.4, -0.2) is 4.92 Å². The van der Waals surface area contributed by atoms with Crippen molar-refractivity contribution in [3.63, 3.8) is 0 Å². The summed E-state index contributed by atoms with van der Waals surface area (Å²) >= 11 is 0. The fourth-order valence-corrected chi connectivity index (χ4v) is 1.67. The first-order valence-corrected chi connectivity index (χ1v) is 3.94. The molecule has 0 bridgehead atoms. The third-order valence-electron chi connectivity index (χ3n) is 2.04. The standard InChI is InChI=1S/C8H13NO2/c1-6-3-7(2)5-8(4-6)9(10)11/h4,6-7H,3,5H2,1-2H3. The van der Waals surface area contributed by atoms with E-state index < -0.39 is 0 Å². The Kier molecular flexibility index (Phi) is 2.27. The second-order valence-electron chi connectivity index (χ2n) is 3.44. The zero-order valence-electron chi connectivity index (χ0n) is 6.91. The average molecular weight is 155 g/mol. The molecule has 1 rings (SSSR count). The molecule has 3 nitrogen and oxygen atoms in total. The molecule has 0 saturated heterocycles. The maximum atomic E-state index is 10.4. The van der Waals surface area contributed by atoms with Crippen molar-refractivity contribution in [2.45, 2.75) is 26.7 Å². The van der Waals surface area contributed by atoms with Crippen molar-refractivity contribution >= 4 is 0 Å². The largest absolute Gasteiger partial charge is 0.259 e. The van der Waals surface area contributed by atoms with E-state index in [4.69, 9.17) is 0 Å². The van der Waals surface area contributed by atoms with Gasteiger partial charge in [0.25, 0.3) is 0 Å². The van der Waals surface area contributed by atoms with Crippen molar-refractivity contribution in [3.05, 3.63) is 21.9 Å². The van der Waals surface area contributed by atoms with Crippen LogP contribution >= 0.6 is 0 Å². The van der Waals surface area contributed by atoms with Gasteiger partial charge < -0.3 is 0 Å².